The minimum absolute atomic E-state index is 0.0800. The number of carbonyl (C=O) groups is 1. The number of benzene rings is 1. The van der Waals surface area contributed by atoms with E-state index in [0.29, 0.717) is 58.2 Å². The lowest BCUT2D eigenvalue weighted by molar-refractivity contribution is 0.0850. The number of amides is 1. The van der Waals surface area contributed by atoms with Gasteiger partial charge in [0.1, 0.15) is 29.1 Å². The van der Waals surface area contributed by atoms with E-state index >= 15 is 4.39 Å². The predicted octanol–water partition coefficient (Wildman–Crippen LogP) is 4.20. The van der Waals surface area contributed by atoms with Crippen molar-refractivity contribution >= 4 is 16.9 Å². The van der Waals surface area contributed by atoms with Crippen molar-refractivity contribution in [2.45, 2.75) is 64.5 Å². The van der Waals surface area contributed by atoms with Crippen LogP contribution >= 0.6 is 0 Å². The molecule has 3 N–H and O–H groups in total. The van der Waals surface area contributed by atoms with Crippen LogP contribution in [0.1, 0.15) is 60.1 Å². The smallest absolute Gasteiger partial charge is 0.255 e. The predicted molar refractivity (Wildman–Crippen MR) is 123 cm³/mol. The molecule has 2 saturated carbocycles. The van der Waals surface area contributed by atoms with E-state index in [2.05, 4.69) is 20.3 Å². The van der Waals surface area contributed by atoms with Crippen molar-refractivity contribution in [2.75, 3.05) is 6.61 Å². The standard InChI is InChI=1S/C25H29FN4O3/c1-13-6-9-18(33-11-15-7-8-15)20(21(13)26)23-24-22(27-12-28-23)19(14(2)29-24)25(32)30-16-4-3-5-17(31)10-16/h6,9,12,15-17,29,31H,3-5,7-8,10-11H2,1-2H3,(H,30,32)/t16-,17+/m1/s1. The molecule has 0 radical (unpaired) electrons. The normalized spacial score (nSPS) is 20.7. The van der Waals surface area contributed by atoms with Crippen LogP contribution in [0.3, 0.4) is 0 Å². The molecule has 2 atom stereocenters. The lowest BCUT2D eigenvalue weighted by Gasteiger charge is -2.26. The Morgan fingerprint density at radius 1 is 1.24 bits per heavy atom. The third kappa shape index (κ3) is 4.31. The summed E-state index contributed by atoms with van der Waals surface area (Å²) in [7, 11) is 0. The number of aliphatic hydroxyl groups is 1. The molecule has 0 unspecified atom stereocenters. The number of aromatic nitrogens is 3. The van der Waals surface area contributed by atoms with Crippen molar-refractivity contribution in [2.24, 2.45) is 5.92 Å². The first kappa shape index (κ1) is 21.8. The van der Waals surface area contributed by atoms with Gasteiger partial charge >= 0.3 is 0 Å². The van der Waals surface area contributed by atoms with Crippen LogP contribution in [-0.2, 0) is 0 Å². The van der Waals surface area contributed by atoms with Gasteiger partial charge in [-0.25, -0.2) is 14.4 Å². The number of hydrogen-bond donors (Lipinski definition) is 3. The van der Waals surface area contributed by atoms with E-state index in [1.54, 1.807) is 26.0 Å². The number of nitrogens with zero attached hydrogens (tertiary/aromatic N) is 2. The molecule has 2 heterocycles. The fourth-order valence-corrected chi connectivity index (χ4v) is 4.64. The second-order valence-corrected chi connectivity index (χ2v) is 9.39. The number of aromatic amines is 1. The van der Waals surface area contributed by atoms with Crippen molar-refractivity contribution in [3.05, 3.63) is 41.1 Å². The third-order valence-electron chi connectivity index (χ3n) is 6.69. The van der Waals surface area contributed by atoms with Crippen molar-refractivity contribution in [3.8, 4) is 17.0 Å². The molecular formula is C25H29FN4O3. The van der Waals surface area contributed by atoms with E-state index in [9.17, 15) is 9.90 Å². The van der Waals surface area contributed by atoms with Gasteiger partial charge in [0, 0.05) is 11.7 Å². The second-order valence-electron chi connectivity index (χ2n) is 9.39. The van der Waals surface area contributed by atoms with Gasteiger partial charge < -0.3 is 20.1 Å². The summed E-state index contributed by atoms with van der Waals surface area (Å²) in [6, 6.07) is 3.40. The number of halogens is 1. The lowest BCUT2D eigenvalue weighted by atomic mass is 9.93. The zero-order valence-corrected chi connectivity index (χ0v) is 18.9. The maximum Gasteiger partial charge on any atom is 0.255 e. The Morgan fingerprint density at radius 3 is 2.82 bits per heavy atom. The highest BCUT2D eigenvalue weighted by atomic mass is 19.1. The van der Waals surface area contributed by atoms with Crippen LogP contribution in [0.25, 0.3) is 22.3 Å². The molecule has 1 aromatic carbocycles. The first-order chi connectivity index (χ1) is 15.9. The molecule has 33 heavy (non-hydrogen) atoms. The summed E-state index contributed by atoms with van der Waals surface area (Å²) in [5.74, 6) is 0.323. The van der Waals surface area contributed by atoms with Gasteiger partial charge in [-0.1, -0.05) is 6.07 Å². The average molecular weight is 453 g/mol. The van der Waals surface area contributed by atoms with Gasteiger partial charge in [-0.05, 0) is 69.9 Å². The summed E-state index contributed by atoms with van der Waals surface area (Å²) in [6.07, 6.45) is 6.26. The molecule has 2 aromatic heterocycles. The monoisotopic (exact) mass is 452 g/mol. The van der Waals surface area contributed by atoms with Gasteiger partial charge in [-0.2, -0.15) is 0 Å². The molecule has 2 fully saturated rings. The molecule has 7 nitrogen and oxygen atoms in total. The molecule has 0 aliphatic heterocycles. The van der Waals surface area contributed by atoms with Crippen molar-refractivity contribution in [1.29, 1.82) is 0 Å². The molecule has 2 aliphatic carbocycles. The SMILES string of the molecule is Cc1ccc(OCC2CC2)c(-c2ncnc3c(C(=O)N[C@@H]4CCC[C@H](O)C4)c(C)[nH]c23)c1F. The van der Waals surface area contributed by atoms with Gasteiger partial charge in [0.25, 0.3) is 5.91 Å². The van der Waals surface area contributed by atoms with E-state index in [-0.39, 0.29) is 23.6 Å². The first-order valence-corrected chi connectivity index (χ1v) is 11.7. The summed E-state index contributed by atoms with van der Waals surface area (Å²) < 4.78 is 21.3. The zero-order valence-electron chi connectivity index (χ0n) is 18.9. The summed E-state index contributed by atoms with van der Waals surface area (Å²) >= 11 is 0. The minimum Gasteiger partial charge on any atom is -0.492 e. The molecule has 8 heteroatoms. The van der Waals surface area contributed by atoms with Crippen LogP contribution in [0, 0.1) is 25.6 Å². The van der Waals surface area contributed by atoms with E-state index in [1.807, 2.05) is 0 Å². The number of fused-ring (bicyclic) bond motifs is 1. The van der Waals surface area contributed by atoms with E-state index < -0.39 is 5.82 Å². The molecule has 0 saturated heterocycles. The Hall–Kier alpha value is -3.00. The zero-order chi connectivity index (χ0) is 23.1. The largest absolute Gasteiger partial charge is 0.492 e. The highest BCUT2D eigenvalue weighted by Crippen LogP contribution is 2.39. The number of hydrogen-bond acceptors (Lipinski definition) is 5. The van der Waals surface area contributed by atoms with Crippen LogP contribution in [0.5, 0.6) is 5.75 Å². The number of aryl methyl sites for hydroxylation is 2. The summed E-state index contributed by atoms with van der Waals surface area (Å²) in [4.78, 5) is 25.1. The van der Waals surface area contributed by atoms with Crippen LogP contribution in [-0.4, -0.2) is 44.7 Å². The Balaban J connectivity index is 1.54. The molecular weight excluding hydrogens is 423 g/mol. The third-order valence-corrected chi connectivity index (χ3v) is 6.69. The van der Waals surface area contributed by atoms with Crippen LogP contribution < -0.4 is 10.1 Å². The van der Waals surface area contributed by atoms with Crippen LogP contribution in [0.4, 0.5) is 4.39 Å². The molecule has 5 rings (SSSR count). The van der Waals surface area contributed by atoms with E-state index in [4.69, 9.17) is 4.74 Å². The molecule has 1 amide bonds. The highest BCUT2D eigenvalue weighted by Gasteiger charge is 2.28. The maximum absolute atomic E-state index is 15.4. The molecule has 3 aromatic rings. The number of rotatable bonds is 6. The quantitative estimate of drug-likeness (QED) is 0.520. The maximum atomic E-state index is 15.4. The van der Waals surface area contributed by atoms with Crippen molar-refractivity contribution < 1.29 is 19.0 Å². The Bertz CT molecular complexity index is 1200. The number of aliphatic hydroxyl groups excluding tert-OH is 1. The Morgan fingerprint density at radius 2 is 2.06 bits per heavy atom. The van der Waals surface area contributed by atoms with Gasteiger partial charge in [0.05, 0.1) is 29.4 Å². The number of carbonyl (C=O) groups excluding carboxylic acids is 1. The Kier molecular flexibility index (Phi) is 5.78. The fourth-order valence-electron chi connectivity index (χ4n) is 4.64. The molecule has 0 spiro atoms. The number of nitrogens with one attached hydrogen (secondary N) is 2. The summed E-state index contributed by atoms with van der Waals surface area (Å²) in [6.45, 7) is 4.06. The van der Waals surface area contributed by atoms with Gasteiger partial charge in [-0.15, -0.1) is 0 Å². The Labute approximate surface area is 191 Å². The van der Waals surface area contributed by atoms with E-state index in [1.165, 1.54) is 6.33 Å². The molecule has 2 aliphatic rings. The highest BCUT2D eigenvalue weighted by molar-refractivity contribution is 6.09. The topological polar surface area (TPSA) is 100 Å². The fraction of sp³-hybridized carbons (Fsp3) is 0.480. The van der Waals surface area contributed by atoms with E-state index in [0.717, 1.165) is 32.1 Å². The second kappa shape index (κ2) is 8.74. The van der Waals surface area contributed by atoms with Crippen LogP contribution in [0.15, 0.2) is 18.5 Å². The lowest BCUT2D eigenvalue weighted by Crippen LogP contribution is -2.39. The number of H-pyrrole nitrogens is 1. The average Bonchev–Trinajstić information content (AvgIpc) is 3.54. The van der Waals surface area contributed by atoms with Gasteiger partial charge in [0.2, 0.25) is 0 Å². The van der Waals surface area contributed by atoms with Gasteiger partial charge in [0.15, 0.2) is 0 Å². The van der Waals surface area contributed by atoms with Crippen LogP contribution in [0.2, 0.25) is 0 Å². The summed E-state index contributed by atoms with van der Waals surface area (Å²) in [5, 5.41) is 13.0. The minimum atomic E-state index is -0.391. The van der Waals surface area contributed by atoms with Crippen molar-refractivity contribution in [3.63, 3.8) is 0 Å². The first-order valence-electron chi connectivity index (χ1n) is 11.7. The van der Waals surface area contributed by atoms with Crippen molar-refractivity contribution in [1.82, 2.24) is 20.3 Å². The number of ether oxygens (including phenoxy) is 1. The molecule has 174 valence electrons. The molecule has 0 bridgehead atoms. The van der Waals surface area contributed by atoms with Gasteiger partial charge in [-0.3, -0.25) is 4.79 Å². The summed E-state index contributed by atoms with van der Waals surface area (Å²) in [5.41, 5.74) is 3.16.